The van der Waals surface area contributed by atoms with Crippen LogP contribution in [0, 0.1) is 0 Å². The van der Waals surface area contributed by atoms with Gasteiger partial charge in [0.25, 0.3) is 0 Å². The molecule has 15 heavy (non-hydrogen) atoms. The third-order valence-corrected chi connectivity index (χ3v) is 3.42. The summed E-state index contributed by atoms with van der Waals surface area (Å²) in [5, 5.41) is 4.54. The fraction of sp³-hybridized carbons (Fsp3) is 0.0769. The van der Waals surface area contributed by atoms with E-state index in [9.17, 15) is 0 Å². The summed E-state index contributed by atoms with van der Waals surface area (Å²) in [6, 6.07) is 14.8. The Balaban J connectivity index is 2.17. The molecule has 2 aromatic rings. The van der Waals surface area contributed by atoms with Crippen molar-refractivity contribution in [3.63, 3.8) is 0 Å². The van der Waals surface area contributed by atoms with Crippen molar-refractivity contribution in [3.8, 4) is 0 Å². The summed E-state index contributed by atoms with van der Waals surface area (Å²) >= 11 is 1.71. The molecular weight excluding hydrogens is 204 g/mol. The number of ether oxygens (including phenoxy) is 1. The molecule has 2 aromatic carbocycles. The van der Waals surface area contributed by atoms with E-state index in [1.165, 1.54) is 16.3 Å². The molecule has 1 aliphatic rings. The minimum Gasteiger partial charge on any atom is -0.482 e. The van der Waals surface area contributed by atoms with Crippen LogP contribution in [0.2, 0.25) is 0 Å². The molecule has 1 aliphatic heterocycles. The van der Waals surface area contributed by atoms with Crippen molar-refractivity contribution < 1.29 is 4.74 Å². The molecule has 0 fully saturated rings. The van der Waals surface area contributed by atoms with Gasteiger partial charge in [0, 0.05) is 11.0 Å². The summed E-state index contributed by atoms with van der Waals surface area (Å²) in [4.78, 5) is 0. The van der Waals surface area contributed by atoms with Gasteiger partial charge in [-0.2, -0.15) is 0 Å². The molecule has 0 spiro atoms. The lowest BCUT2D eigenvalue weighted by atomic mass is 10.1. The van der Waals surface area contributed by atoms with Crippen LogP contribution in [0.1, 0.15) is 11.0 Å². The minimum absolute atomic E-state index is 0.121. The van der Waals surface area contributed by atoms with E-state index in [0.29, 0.717) is 0 Å². The van der Waals surface area contributed by atoms with Gasteiger partial charge in [0.05, 0.1) is 6.26 Å². The van der Waals surface area contributed by atoms with Gasteiger partial charge in [0.1, 0.15) is 0 Å². The van der Waals surface area contributed by atoms with Gasteiger partial charge in [-0.15, -0.1) is 0 Å². The van der Waals surface area contributed by atoms with E-state index in [2.05, 4.69) is 42.5 Å². The zero-order valence-electron chi connectivity index (χ0n) is 8.09. The smallest absolute Gasteiger partial charge is 0.173 e. The summed E-state index contributed by atoms with van der Waals surface area (Å²) in [7, 11) is 0. The first-order valence-corrected chi connectivity index (χ1v) is 5.83. The first-order valence-electron chi connectivity index (χ1n) is 4.89. The number of benzene rings is 2. The van der Waals surface area contributed by atoms with Crippen molar-refractivity contribution in [1.29, 1.82) is 0 Å². The molecule has 0 aliphatic carbocycles. The number of hydrogen-bond acceptors (Lipinski definition) is 2. The molecule has 0 saturated heterocycles. The van der Waals surface area contributed by atoms with Crippen molar-refractivity contribution in [1.82, 2.24) is 0 Å². The van der Waals surface area contributed by atoms with Crippen LogP contribution < -0.4 is 0 Å². The summed E-state index contributed by atoms with van der Waals surface area (Å²) in [6.07, 6.45) is 1.76. The van der Waals surface area contributed by atoms with Gasteiger partial charge in [-0.05, 0) is 10.8 Å². The van der Waals surface area contributed by atoms with Crippen LogP contribution in [0.15, 0.2) is 54.1 Å². The van der Waals surface area contributed by atoms with E-state index in [-0.39, 0.29) is 5.44 Å². The van der Waals surface area contributed by atoms with Gasteiger partial charge in [-0.25, -0.2) is 0 Å². The molecule has 2 heteroatoms. The maximum atomic E-state index is 5.53. The highest BCUT2D eigenvalue weighted by atomic mass is 32.2. The van der Waals surface area contributed by atoms with Gasteiger partial charge < -0.3 is 4.74 Å². The first-order chi connectivity index (χ1) is 7.45. The van der Waals surface area contributed by atoms with Gasteiger partial charge in [-0.3, -0.25) is 0 Å². The van der Waals surface area contributed by atoms with Gasteiger partial charge >= 0.3 is 0 Å². The Morgan fingerprint density at radius 3 is 2.73 bits per heavy atom. The highest BCUT2D eigenvalue weighted by Crippen LogP contribution is 2.38. The Labute approximate surface area is 92.7 Å². The Morgan fingerprint density at radius 1 is 1.00 bits per heavy atom. The second kappa shape index (κ2) is 3.63. The number of rotatable bonds is 1. The summed E-state index contributed by atoms with van der Waals surface area (Å²) < 4.78 is 5.53. The first kappa shape index (κ1) is 8.86. The zero-order chi connectivity index (χ0) is 10.1. The molecular formula is C13H10OS. The van der Waals surface area contributed by atoms with Crippen LogP contribution in [0.25, 0.3) is 10.8 Å². The van der Waals surface area contributed by atoms with E-state index in [1.807, 2.05) is 5.41 Å². The maximum Gasteiger partial charge on any atom is 0.173 e. The lowest BCUT2D eigenvalue weighted by molar-refractivity contribution is 0.236. The van der Waals surface area contributed by atoms with Crippen molar-refractivity contribution >= 4 is 22.5 Å². The van der Waals surface area contributed by atoms with Gasteiger partial charge in [0.2, 0.25) is 0 Å². The minimum atomic E-state index is 0.121. The molecule has 1 unspecified atom stereocenters. The van der Waals surface area contributed by atoms with Gasteiger partial charge in [-0.1, -0.05) is 54.2 Å². The quantitative estimate of drug-likeness (QED) is 0.707. The molecule has 0 amide bonds. The van der Waals surface area contributed by atoms with E-state index in [1.54, 1.807) is 18.0 Å². The van der Waals surface area contributed by atoms with Crippen molar-refractivity contribution in [2.45, 2.75) is 5.44 Å². The molecule has 0 bridgehead atoms. The maximum absolute atomic E-state index is 5.53. The molecule has 0 N–H and O–H groups in total. The zero-order valence-corrected chi connectivity index (χ0v) is 8.91. The SMILES string of the molecule is C1=CSC(c2cccc3ccccc23)O1. The monoisotopic (exact) mass is 214 g/mol. The molecule has 0 radical (unpaired) electrons. The highest BCUT2D eigenvalue weighted by molar-refractivity contribution is 8.02. The van der Waals surface area contributed by atoms with E-state index in [0.717, 1.165) is 0 Å². The summed E-state index contributed by atoms with van der Waals surface area (Å²) in [5.74, 6) is 0. The Bertz CT molecular complexity index is 505. The molecule has 74 valence electrons. The fourth-order valence-corrected chi connectivity index (χ4v) is 2.59. The average molecular weight is 214 g/mol. The molecule has 3 rings (SSSR count). The third kappa shape index (κ3) is 1.51. The van der Waals surface area contributed by atoms with E-state index >= 15 is 0 Å². The summed E-state index contributed by atoms with van der Waals surface area (Å²) in [5.41, 5.74) is 1.37. The Kier molecular flexibility index (Phi) is 2.14. The predicted molar refractivity (Wildman–Crippen MR) is 64.5 cm³/mol. The Hall–Kier alpha value is -1.41. The highest BCUT2D eigenvalue weighted by Gasteiger charge is 2.16. The van der Waals surface area contributed by atoms with Crippen LogP contribution in [0.4, 0.5) is 0 Å². The largest absolute Gasteiger partial charge is 0.482 e. The van der Waals surface area contributed by atoms with Crippen LogP contribution >= 0.6 is 11.8 Å². The van der Waals surface area contributed by atoms with Crippen LogP contribution in [-0.2, 0) is 4.74 Å². The number of thioether (sulfide) groups is 1. The lowest BCUT2D eigenvalue weighted by Crippen LogP contribution is -1.92. The number of fused-ring (bicyclic) bond motifs is 1. The number of hydrogen-bond donors (Lipinski definition) is 0. The van der Waals surface area contributed by atoms with Crippen LogP contribution in [-0.4, -0.2) is 0 Å². The van der Waals surface area contributed by atoms with Crippen molar-refractivity contribution in [3.05, 3.63) is 59.7 Å². The molecule has 0 saturated carbocycles. The second-order valence-corrected chi connectivity index (χ2v) is 4.42. The van der Waals surface area contributed by atoms with E-state index < -0.39 is 0 Å². The third-order valence-electron chi connectivity index (χ3n) is 2.54. The molecule has 1 nitrogen and oxygen atoms in total. The van der Waals surface area contributed by atoms with Crippen LogP contribution in [0.5, 0.6) is 0 Å². The van der Waals surface area contributed by atoms with Crippen LogP contribution in [0.3, 0.4) is 0 Å². The molecule has 0 aromatic heterocycles. The van der Waals surface area contributed by atoms with Crippen molar-refractivity contribution in [2.75, 3.05) is 0 Å². The molecule has 1 atom stereocenters. The fourth-order valence-electron chi connectivity index (χ4n) is 1.84. The lowest BCUT2D eigenvalue weighted by Gasteiger charge is -2.12. The van der Waals surface area contributed by atoms with Crippen molar-refractivity contribution in [2.24, 2.45) is 0 Å². The topological polar surface area (TPSA) is 9.23 Å². The summed E-state index contributed by atoms with van der Waals surface area (Å²) in [6.45, 7) is 0. The standard InChI is InChI=1S/C13H10OS/c1-2-6-11-10(4-1)5-3-7-12(11)13-14-8-9-15-13/h1-9,13H. The van der Waals surface area contributed by atoms with Gasteiger partial charge in [0.15, 0.2) is 5.44 Å². The van der Waals surface area contributed by atoms with E-state index in [4.69, 9.17) is 4.74 Å². The normalized spacial score (nSPS) is 19.3. The average Bonchev–Trinajstić information content (AvgIpc) is 2.82. The Morgan fingerprint density at radius 2 is 1.87 bits per heavy atom. The molecule has 1 heterocycles. The second-order valence-electron chi connectivity index (χ2n) is 3.44. The predicted octanol–water partition coefficient (Wildman–Crippen LogP) is 4.07.